The van der Waals surface area contributed by atoms with Crippen molar-refractivity contribution in [2.75, 3.05) is 45.9 Å². The van der Waals surface area contributed by atoms with Crippen LogP contribution in [0.25, 0.3) is 0 Å². The number of rotatable bonds is 35. The van der Waals surface area contributed by atoms with Crippen LogP contribution < -0.4 is 11.1 Å². The average Bonchev–Trinajstić information content (AvgIpc) is 3.12. The second-order valence-corrected chi connectivity index (χ2v) is 15.0. The number of nitrogens with zero attached hydrogens (tertiary/aromatic N) is 1. The second kappa shape index (κ2) is 34.4. The highest BCUT2D eigenvalue weighted by atomic mass is 16.5. The molecule has 0 aliphatic carbocycles. The summed E-state index contributed by atoms with van der Waals surface area (Å²) in [6.45, 7) is 11.0. The lowest BCUT2D eigenvalue weighted by Crippen LogP contribution is -2.44. The van der Waals surface area contributed by atoms with Crippen LogP contribution in [0.5, 0.6) is 0 Å². The van der Waals surface area contributed by atoms with Crippen LogP contribution >= 0.6 is 0 Å². The summed E-state index contributed by atoms with van der Waals surface area (Å²) >= 11 is 0. The van der Waals surface area contributed by atoms with E-state index < -0.39 is 0 Å². The molecule has 1 rings (SSSR count). The van der Waals surface area contributed by atoms with E-state index in [9.17, 15) is 9.59 Å². The van der Waals surface area contributed by atoms with Crippen molar-refractivity contribution in [2.24, 2.45) is 5.73 Å². The topological polar surface area (TPSA) is 93.9 Å². The van der Waals surface area contributed by atoms with Crippen LogP contribution in [-0.2, 0) is 19.1 Å². The Morgan fingerprint density at radius 3 is 1.48 bits per heavy atom. The summed E-state index contributed by atoms with van der Waals surface area (Å²) in [5, 5.41) is 3.45. The molecule has 1 aliphatic rings. The van der Waals surface area contributed by atoms with Gasteiger partial charge in [-0.05, 0) is 70.8 Å². The molecule has 0 bridgehead atoms. The molecule has 1 aliphatic heterocycles. The summed E-state index contributed by atoms with van der Waals surface area (Å²) in [7, 11) is 0. The van der Waals surface area contributed by atoms with Gasteiger partial charge in [-0.2, -0.15) is 0 Å². The second-order valence-electron chi connectivity index (χ2n) is 15.0. The van der Waals surface area contributed by atoms with Crippen LogP contribution in [0, 0.1) is 0 Å². The Balaban J connectivity index is 2.22. The van der Waals surface area contributed by atoms with Crippen molar-refractivity contribution in [1.29, 1.82) is 0 Å². The molecule has 0 aromatic rings. The molecule has 1 saturated heterocycles. The number of esters is 2. The first kappa shape index (κ1) is 46.3. The zero-order chi connectivity index (χ0) is 36.2. The summed E-state index contributed by atoms with van der Waals surface area (Å²) < 4.78 is 10.7. The van der Waals surface area contributed by atoms with Crippen molar-refractivity contribution in [3.8, 4) is 0 Å². The number of hydrogen-bond acceptors (Lipinski definition) is 7. The van der Waals surface area contributed by atoms with Crippen molar-refractivity contribution in [2.45, 2.75) is 193 Å². The minimum absolute atomic E-state index is 0.0708. The molecule has 1 heterocycles. The van der Waals surface area contributed by atoms with Crippen LogP contribution in [-0.4, -0.2) is 68.3 Å². The summed E-state index contributed by atoms with van der Waals surface area (Å²) in [4.78, 5) is 26.7. The lowest BCUT2D eigenvalue weighted by Gasteiger charge is -2.31. The lowest BCUT2D eigenvalue weighted by molar-refractivity contribution is -0.143. The van der Waals surface area contributed by atoms with E-state index in [-0.39, 0.29) is 17.5 Å². The van der Waals surface area contributed by atoms with E-state index in [1.165, 1.54) is 83.6 Å². The molecule has 3 N–H and O–H groups in total. The first-order chi connectivity index (χ1) is 24.5. The SMILES string of the molecule is CCCCCC/C=C/COC(=O)CCCCCCCC(N)(CCCCCCCC(=O)OC/C=C/CCCCCC)CCCCN1CCNCC1. The van der Waals surface area contributed by atoms with Gasteiger partial charge in [0, 0.05) is 44.6 Å². The van der Waals surface area contributed by atoms with Crippen LogP contribution in [0.4, 0.5) is 0 Å². The minimum atomic E-state index is -0.0793. The van der Waals surface area contributed by atoms with Gasteiger partial charge >= 0.3 is 11.9 Å². The van der Waals surface area contributed by atoms with Gasteiger partial charge in [0.05, 0.1) is 0 Å². The van der Waals surface area contributed by atoms with E-state index >= 15 is 0 Å². The lowest BCUT2D eigenvalue weighted by atomic mass is 9.83. The monoisotopic (exact) mass is 704 g/mol. The Morgan fingerprint density at radius 1 is 0.580 bits per heavy atom. The summed E-state index contributed by atoms with van der Waals surface area (Å²) in [6.07, 6.45) is 38.3. The van der Waals surface area contributed by atoms with Gasteiger partial charge in [-0.3, -0.25) is 9.59 Å². The molecule has 1 fully saturated rings. The first-order valence-corrected chi connectivity index (χ1v) is 21.3. The van der Waals surface area contributed by atoms with Gasteiger partial charge in [-0.25, -0.2) is 0 Å². The van der Waals surface area contributed by atoms with E-state index in [0.29, 0.717) is 26.1 Å². The molecule has 0 aromatic heterocycles. The molecular weight excluding hydrogens is 622 g/mol. The fraction of sp³-hybridized carbons (Fsp3) is 0.860. The van der Waals surface area contributed by atoms with Crippen molar-refractivity contribution in [3.63, 3.8) is 0 Å². The van der Waals surface area contributed by atoms with Crippen molar-refractivity contribution < 1.29 is 19.1 Å². The number of unbranched alkanes of at least 4 members (excludes halogenated alkanes) is 17. The van der Waals surface area contributed by atoms with Crippen LogP contribution in [0.15, 0.2) is 24.3 Å². The molecule has 0 spiro atoms. The molecule has 292 valence electrons. The van der Waals surface area contributed by atoms with Crippen LogP contribution in [0.1, 0.15) is 187 Å². The highest BCUT2D eigenvalue weighted by molar-refractivity contribution is 5.69. The molecule has 0 amide bonds. The third-order valence-electron chi connectivity index (χ3n) is 10.2. The smallest absolute Gasteiger partial charge is 0.306 e. The maximum atomic E-state index is 12.1. The fourth-order valence-electron chi connectivity index (χ4n) is 6.85. The molecule has 7 heteroatoms. The van der Waals surface area contributed by atoms with E-state index in [1.807, 2.05) is 12.2 Å². The fourth-order valence-corrected chi connectivity index (χ4v) is 6.85. The predicted octanol–water partition coefficient (Wildman–Crippen LogP) is 10.4. The number of nitrogens with two attached hydrogens (primary N) is 1. The Bertz CT molecular complexity index is 788. The quantitative estimate of drug-likeness (QED) is 0.0385. The number of nitrogens with one attached hydrogen (secondary N) is 1. The molecule has 0 atom stereocenters. The normalized spacial score (nSPS) is 14.2. The van der Waals surface area contributed by atoms with Gasteiger partial charge in [-0.1, -0.05) is 134 Å². The molecule has 0 unspecified atom stereocenters. The standard InChI is InChI=1S/C43H81N3O4/c1-3-5-7-9-11-19-27-39-49-41(47)29-21-15-13-17-23-31-43(44,33-25-26-36-46-37-34-45-35-38-46)32-24-18-14-16-22-30-42(48)50-40-28-20-12-10-8-6-4-2/h19-20,27-28,45H,3-18,21-26,29-40,44H2,1-2H3/b27-19+,28-20+. The zero-order valence-corrected chi connectivity index (χ0v) is 33.0. The Morgan fingerprint density at radius 2 is 1.00 bits per heavy atom. The molecule has 0 aromatic carbocycles. The summed E-state index contributed by atoms with van der Waals surface area (Å²) in [5.74, 6) is -0.142. The highest BCUT2D eigenvalue weighted by Crippen LogP contribution is 2.26. The molecular formula is C43H81N3O4. The van der Waals surface area contributed by atoms with Gasteiger partial charge < -0.3 is 25.4 Å². The zero-order valence-electron chi connectivity index (χ0n) is 33.0. The number of hydrogen-bond donors (Lipinski definition) is 2. The maximum Gasteiger partial charge on any atom is 0.306 e. The van der Waals surface area contributed by atoms with Crippen molar-refractivity contribution in [1.82, 2.24) is 10.2 Å². The molecule has 50 heavy (non-hydrogen) atoms. The number of ether oxygens (including phenoxy) is 2. The van der Waals surface area contributed by atoms with Gasteiger partial charge in [0.2, 0.25) is 0 Å². The predicted molar refractivity (Wildman–Crippen MR) is 212 cm³/mol. The van der Waals surface area contributed by atoms with E-state index in [1.54, 1.807) is 0 Å². The Kier molecular flexibility index (Phi) is 31.9. The first-order valence-electron chi connectivity index (χ1n) is 21.3. The third kappa shape index (κ3) is 30.0. The summed E-state index contributed by atoms with van der Waals surface area (Å²) in [5.41, 5.74) is 7.04. The Hall–Kier alpha value is -1.70. The third-order valence-corrected chi connectivity index (χ3v) is 10.2. The maximum absolute atomic E-state index is 12.1. The van der Waals surface area contributed by atoms with Crippen LogP contribution in [0.2, 0.25) is 0 Å². The molecule has 7 nitrogen and oxygen atoms in total. The van der Waals surface area contributed by atoms with Gasteiger partial charge in [0.15, 0.2) is 0 Å². The van der Waals surface area contributed by atoms with Crippen molar-refractivity contribution in [3.05, 3.63) is 24.3 Å². The molecule has 0 saturated carbocycles. The molecule has 0 radical (unpaired) electrons. The number of carbonyl (C=O) groups excluding carboxylic acids is 2. The Labute approximate surface area is 309 Å². The van der Waals surface area contributed by atoms with Gasteiger partial charge in [0.1, 0.15) is 13.2 Å². The number of allylic oxidation sites excluding steroid dienone is 2. The van der Waals surface area contributed by atoms with Gasteiger partial charge in [0.25, 0.3) is 0 Å². The van der Waals surface area contributed by atoms with E-state index in [2.05, 4.69) is 36.2 Å². The van der Waals surface area contributed by atoms with Crippen LogP contribution in [0.3, 0.4) is 0 Å². The largest absolute Gasteiger partial charge is 0.461 e. The number of piperazine rings is 1. The van der Waals surface area contributed by atoms with E-state index in [4.69, 9.17) is 15.2 Å². The minimum Gasteiger partial charge on any atom is -0.461 e. The number of carbonyl (C=O) groups is 2. The highest BCUT2D eigenvalue weighted by Gasteiger charge is 2.23. The average molecular weight is 704 g/mol. The summed E-state index contributed by atoms with van der Waals surface area (Å²) in [6, 6.07) is 0. The van der Waals surface area contributed by atoms with Crippen molar-refractivity contribution >= 4 is 11.9 Å². The van der Waals surface area contributed by atoms with E-state index in [0.717, 1.165) is 110 Å². The van der Waals surface area contributed by atoms with Gasteiger partial charge in [-0.15, -0.1) is 0 Å².